The van der Waals surface area contributed by atoms with E-state index in [9.17, 15) is 4.79 Å². The number of ether oxygens (including phenoxy) is 1. The summed E-state index contributed by atoms with van der Waals surface area (Å²) in [6.07, 6.45) is 4.62. The normalized spacial score (nSPS) is 22.9. The molecule has 0 saturated heterocycles. The highest BCUT2D eigenvalue weighted by atomic mass is 79.9. The van der Waals surface area contributed by atoms with Crippen LogP contribution in [0, 0.1) is 5.92 Å². The van der Waals surface area contributed by atoms with E-state index in [0.717, 1.165) is 17.3 Å². The van der Waals surface area contributed by atoms with Crippen molar-refractivity contribution in [3.8, 4) is 5.75 Å². The molecule has 1 aromatic carbocycles. The highest BCUT2D eigenvalue weighted by molar-refractivity contribution is 9.10. The van der Waals surface area contributed by atoms with Crippen molar-refractivity contribution in [2.45, 2.75) is 38.6 Å². The zero-order chi connectivity index (χ0) is 13.8. The topological polar surface area (TPSA) is 38.3 Å². The number of rotatable bonds is 3. The number of halogens is 1. The largest absolute Gasteiger partial charge is 0.496 e. The second-order valence-corrected chi connectivity index (χ2v) is 6.20. The summed E-state index contributed by atoms with van der Waals surface area (Å²) in [7, 11) is 1.58. The van der Waals surface area contributed by atoms with E-state index < -0.39 is 0 Å². The van der Waals surface area contributed by atoms with Crippen LogP contribution in [0.15, 0.2) is 22.7 Å². The lowest BCUT2D eigenvalue weighted by atomic mass is 9.87. The van der Waals surface area contributed by atoms with Gasteiger partial charge in [-0.1, -0.05) is 35.7 Å². The third-order valence-corrected chi connectivity index (χ3v) is 4.17. The first-order chi connectivity index (χ1) is 9.10. The molecule has 0 bridgehead atoms. The molecule has 0 aliphatic heterocycles. The molecule has 2 unspecified atom stereocenters. The van der Waals surface area contributed by atoms with Crippen molar-refractivity contribution in [1.29, 1.82) is 0 Å². The van der Waals surface area contributed by atoms with E-state index in [-0.39, 0.29) is 5.91 Å². The Morgan fingerprint density at radius 3 is 2.89 bits per heavy atom. The lowest BCUT2D eigenvalue weighted by molar-refractivity contribution is 0.0918. The van der Waals surface area contributed by atoms with Crippen molar-refractivity contribution in [2.24, 2.45) is 5.92 Å². The van der Waals surface area contributed by atoms with Crippen molar-refractivity contribution in [3.63, 3.8) is 0 Å². The van der Waals surface area contributed by atoms with E-state index in [2.05, 4.69) is 28.2 Å². The van der Waals surface area contributed by atoms with Gasteiger partial charge in [0.1, 0.15) is 5.75 Å². The molecule has 2 rings (SSSR count). The number of amides is 1. The fourth-order valence-electron chi connectivity index (χ4n) is 2.68. The molecule has 1 fully saturated rings. The fraction of sp³-hybridized carbons (Fsp3) is 0.533. The summed E-state index contributed by atoms with van der Waals surface area (Å²) in [5.74, 6) is 1.27. The van der Waals surface area contributed by atoms with Gasteiger partial charge in [0.05, 0.1) is 12.7 Å². The van der Waals surface area contributed by atoms with Crippen molar-refractivity contribution in [2.75, 3.05) is 7.11 Å². The van der Waals surface area contributed by atoms with Gasteiger partial charge in [-0.15, -0.1) is 0 Å². The van der Waals surface area contributed by atoms with Crippen LogP contribution in [0.5, 0.6) is 5.75 Å². The van der Waals surface area contributed by atoms with Gasteiger partial charge in [0, 0.05) is 10.5 Å². The first-order valence-electron chi connectivity index (χ1n) is 6.74. The van der Waals surface area contributed by atoms with Crippen LogP contribution in [-0.2, 0) is 0 Å². The van der Waals surface area contributed by atoms with Crippen LogP contribution >= 0.6 is 15.9 Å². The summed E-state index contributed by atoms with van der Waals surface area (Å²) in [5.41, 5.74) is 0.601. The van der Waals surface area contributed by atoms with E-state index in [0.29, 0.717) is 23.3 Å². The van der Waals surface area contributed by atoms with Gasteiger partial charge in [0.2, 0.25) is 0 Å². The number of methoxy groups -OCH3 is 1. The minimum atomic E-state index is -0.0385. The average molecular weight is 326 g/mol. The molecule has 0 spiro atoms. The third-order valence-electron chi connectivity index (χ3n) is 3.68. The maximum Gasteiger partial charge on any atom is 0.255 e. The number of carbonyl (C=O) groups excluding carboxylic acids is 1. The van der Waals surface area contributed by atoms with Crippen molar-refractivity contribution >= 4 is 21.8 Å². The van der Waals surface area contributed by atoms with E-state index in [1.807, 2.05) is 12.1 Å². The smallest absolute Gasteiger partial charge is 0.255 e. The lowest BCUT2D eigenvalue weighted by Crippen LogP contribution is -2.38. The minimum Gasteiger partial charge on any atom is -0.496 e. The Morgan fingerprint density at radius 2 is 2.21 bits per heavy atom. The first kappa shape index (κ1) is 14.4. The predicted octanol–water partition coefficient (Wildman–Crippen LogP) is 3.77. The summed E-state index contributed by atoms with van der Waals surface area (Å²) in [4.78, 5) is 12.3. The highest BCUT2D eigenvalue weighted by Crippen LogP contribution is 2.26. The summed E-state index contributed by atoms with van der Waals surface area (Å²) >= 11 is 3.38. The van der Waals surface area contributed by atoms with Crippen LogP contribution in [-0.4, -0.2) is 19.1 Å². The van der Waals surface area contributed by atoms with Crippen LogP contribution in [0.4, 0.5) is 0 Å². The molecule has 1 aromatic rings. The number of nitrogens with one attached hydrogen (secondary N) is 1. The van der Waals surface area contributed by atoms with Gasteiger partial charge < -0.3 is 10.1 Å². The fourth-order valence-corrected chi connectivity index (χ4v) is 3.02. The number of carbonyl (C=O) groups is 1. The molecule has 0 heterocycles. The molecule has 1 aliphatic carbocycles. The highest BCUT2D eigenvalue weighted by Gasteiger charge is 2.22. The monoisotopic (exact) mass is 325 g/mol. The summed E-state index contributed by atoms with van der Waals surface area (Å²) in [6, 6.07) is 5.77. The molecule has 2 atom stereocenters. The standard InChI is InChI=1S/C15H20BrNO2/c1-10-4-3-5-12(8-10)17-15(18)13-7-6-11(16)9-14(13)19-2/h6-7,9-10,12H,3-5,8H2,1-2H3,(H,17,18). The van der Waals surface area contributed by atoms with Crippen LogP contribution in [0.3, 0.4) is 0 Å². The number of hydrogen-bond acceptors (Lipinski definition) is 2. The molecule has 0 aromatic heterocycles. The molecule has 1 N–H and O–H groups in total. The van der Waals surface area contributed by atoms with Crippen LogP contribution in [0.25, 0.3) is 0 Å². The molecular formula is C15H20BrNO2. The average Bonchev–Trinajstić information content (AvgIpc) is 2.38. The maximum absolute atomic E-state index is 12.3. The molecule has 1 aliphatic rings. The molecule has 4 heteroatoms. The summed E-state index contributed by atoms with van der Waals surface area (Å²) in [5, 5.41) is 3.13. The number of hydrogen-bond donors (Lipinski definition) is 1. The van der Waals surface area contributed by atoms with Gasteiger partial charge in [-0.2, -0.15) is 0 Å². The minimum absolute atomic E-state index is 0.0385. The molecular weight excluding hydrogens is 306 g/mol. The van der Waals surface area contributed by atoms with Crippen molar-refractivity contribution in [1.82, 2.24) is 5.32 Å². The van der Waals surface area contributed by atoms with Crippen molar-refractivity contribution in [3.05, 3.63) is 28.2 Å². The van der Waals surface area contributed by atoms with E-state index in [4.69, 9.17) is 4.74 Å². The Bertz CT molecular complexity index is 461. The Hall–Kier alpha value is -1.03. The zero-order valence-corrected chi connectivity index (χ0v) is 13.0. The third kappa shape index (κ3) is 3.72. The van der Waals surface area contributed by atoms with E-state index in [1.54, 1.807) is 13.2 Å². The quantitative estimate of drug-likeness (QED) is 0.918. The molecule has 19 heavy (non-hydrogen) atoms. The first-order valence-corrected chi connectivity index (χ1v) is 7.54. The van der Waals surface area contributed by atoms with Gasteiger partial charge in [-0.3, -0.25) is 4.79 Å². The second kappa shape index (κ2) is 6.42. The van der Waals surface area contributed by atoms with Gasteiger partial charge in [-0.05, 0) is 37.0 Å². The van der Waals surface area contributed by atoms with Crippen molar-refractivity contribution < 1.29 is 9.53 Å². The second-order valence-electron chi connectivity index (χ2n) is 5.29. The summed E-state index contributed by atoms with van der Waals surface area (Å²) in [6.45, 7) is 2.25. The Kier molecular flexibility index (Phi) is 4.86. The molecule has 1 saturated carbocycles. The van der Waals surface area contributed by atoms with E-state index in [1.165, 1.54) is 12.8 Å². The molecule has 3 nitrogen and oxygen atoms in total. The number of benzene rings is 1. The maximum atomic E-state index is 12.3. The lowest BCUT2D eigenvalue weighted by Gasteiger charge is -2.27. The van der Waals surface area contributed by atoms with E-state index >= 15 is 0 Å². The van der Waals surface area contributed by atoms with Crippen LogP contribution < -0.4 is 10.1 Å². The summed E-state index contributed by atoms with van der Waals surface area (Å²) < 4.78 is 6.18. The zero-order valence-electron chi connectivity index (χ0n) is 11.4. The molecule has 1 amide bonds. The Morgan fingerprint density at radius 1 is 1.42 bits per heavy atom. The van der Waals surface area contributed by atoms with Crippen LogP contribution in [0.1, 0.15) is 43.0 Å². The van der Waals surface area contributed by atoms with Gasteiger partial charge >= 0.3 is 0 Å². The SMILES string of the molecule is COc1cc(Br)ccc1C(=O)NC1CCCC(C)C1. The van der Waals surface area contributed by atoms with Gasteiger partial charge in [0.25, 0.3) is 5.91 Å². The molecule has 104 valence electrons. The Labute approximate surface area is 122 Å². The van der Waals surface area contributed by atoms with Crippen LogP contribution in [0.2, 0.25) is 0 Å². The Balaban J connectivity index is 2.07. The molecule has 0 radical (unpaired) electrons. The van der Waals surface area contributed by atoms with Gasteiger partial charge in [-0.25, -0.2) is 0 Å². The van der Waals surface area contributed by atoms with Gasteiger partial charge in [0.15, 0.2) is 0 Å². The predicted molar refractivity (Wildman–Crippen MR) is 79.6 cm³/mol.